The highest BCUT2D eigenvalue weighted by Crippen LogP contribution is 2.33. The van der Waals surface area contributed by atoms with Gasteiger partial charge in [-0.2, -0.15) is 5.10 Å². The fourth-order valence-corrected chi connectivity index (χ4v) is 5.69. The Labute approximate surface area is 248 Å². The molecule has 0 saturated carbocycles. The lowest BCUT2D eigenvalue weighted by Crippen LogP contribution is -2.25. The van der Waals surface area contributed by atoms with Crippen LogP contribution in [0.25, 0.3) is 56.0 Å². The van der Waals surface area contributed by atoms with Gasteiger partial charge in [0.2, 0.25) is 0 Å². The molecule has 11 heteroatoms. The molecule has 2 N–H and O–H groups in total. The van der Waals surface area contributed by atoms with Crippen molar-refractivity contribution >= 4 is 22.1 Å². The van der Waals surface area contributed by atoms with E-state index in [-0.39, 0.29) is 5.82 Å². The molecule has 5 aromatic heterocycles. The number of halogens is 1. The number of rotatable bonds is 9. The predicted octanol–water partition coefficient (Wildman–Crippen LogP) is 5.30. The van der Waals surface area contributed by atoms with E-state index in [1.54, 1.807) is 12.4 Å². The van der Waals surface area contributed by atoms with Gasteiger partial charge in [0.15, 0.2) is 11.5 Å². The average Bonchev–Trinajstić information content (AvgIpc) is 3.76. The van der Waals surface area contributed by atoms with Crippen LogP contribution >= 0.6 is 0 Å². The molecule has 0 unspecified atom stereocenters. The minimum absolute atomic E-state index is 0.364. The number of aromatic nitrogens is 7. The van der Waals surface area contributed by atoms with E-state index in [0.717, 1.165) is 59.5 Å². The normalized spacial score (nSPS) is 14.0. The minimum atomic E-state index is -0.364. The molecule has 0 radical (unpaired) electrons. The zero-order valence-corrected chi connectivity index (χ0v) is 24.1. The zero-order valence-electron chi connectivity index (χ0n) is 24.1. The van der Waals surface area contributed by atoms with Crippen LogP contribution in [0.1, 0.15) is 18.4 Å². The van der Waals surface area contributed by atoms with Gasteiger partial charge in [-0.05, 0) is 81.5 Å². The van der Waals surface area contributed by atoms with E-state index in [1.165, 1.54) is 25.0 Å². The van der Waals surface area contributed by atoms with Crippen LogP contribution in [0.5, 0.6) is 5.75 Å². The Morgan fingerprint density at radius 3 is 2.74 bits per heavy atom. The highest BCUT2D eigenvalue weighted by molar-refractivity contribution is 5.96. The third-order valence-corrected chi connectivity index (χ3v) is 7.70. The molecule has 43 heavy (non-hydrogen) atoms. The Hall–Kier alpha value is -4.74. The van der Waals surface area contributed by atoms with E-state index in [9.17, 15) is 4.39 Å². The number of pyridine rings is 3. The van der Waals surface area contributed by atoms with Crippen molar-refractivity contribution < 1.29 is 9.13 Å². The second-order valence-corrected chi connectivity index (χ2v) is 11.2. The van der Waals surface area contributed by atoms with Crippen LogP contribution < -0.4 is 4.74 Å². The Balaban J connectivity index is 1.21. The molecular formula is C32H32FN9O. The summed E-state index contributed by atoms with van der Waals surface area (Å²) in [5, 5.41) is 8.48. The van der Waals surface area contributed by atoms with Crippen LogP contribution in [-0.4, -0.2) is 85.3 Å². The highest BCUT2D eigenvalue weighted by Gasteiger charge is 2.18. The molecule has 0 aliphatic carbocycles. The number of nitrogens with one attached hydrogen (secondary N) is 2. The van der Waals surface area contributed by atoms with Gasteiger partial charge < -0.3 is 14.6 Å². The molecule has 1 saturated heterocycles. The van der Waals surface area contributed by atoms with Crippen molar-refractivity contribution in [3.05, 3.63) is 72.6 Å². The van der Waals surface area contributed by atoms with E-state index in [4.69, 9.17) is 9.72 Å². The van der Waals surface area contributed by atoms with Gasteiger partial charge in [-0.25, -0.2) is 14.4 Å². The van der Waals surface area contributed by atoms with Crippen molar-refractivity contribution in [1.82, 2.24) is 44.9 Å². The summed E-state index contributed by atoms with van der Waals surface area (Å²) in [5.41, 5.74) is 6.87. The summed E-state index contributed by atoms with van der Waals surface area (Å²) in [6.07, 6.45) is 9.59. The van der Waals surface area contributed by atoms with Gasteiger partial charge in [-0.1, -0.05) is 0 Å². The molecule has 0 amide bonds. The van der Waals surface area contributed by atoms with Crippen molar-refractivity contribution in [3.8, 4) is 39.7 Å². The number of imidazole rings is 1. The van der Waals surface area contributed by atoms with Gasteiger partial charge >= 0.3 is 0 Å². The number of nitrogens with zero attached hydrogens (tertiary/aromatic N) is 7. The van der Waals surface area contributed by atoms with Crippen LogP contribution in [0.4, 0.5) is 4.39 Å². The lowest BCUT2D eigenvalue weighted by atomic mass is 10.1. The monoisotopic (exact) mass is 577 g/mol. The van der Waals surface area contributed by atoms with Crippen LogP contribution in [0.3, 0.4) is 0 Å². The standard InChI is InChI=1S/C32H32FN9O/c1-41(2)19-20-11-22(17-34-16-20)27-15-26-28(18-36-27)39-40-30(26)32-37-29-25(5-6-35-31(29)38-32)21-12-23(33)14-24(13-21)43-10-9-42-7-3-4-8-42/h5-6,11-18H,3-4,7-10,19H2,1-2H3,(H,39,40)(H,35,37,38). The summed E-state index contributed by atoms with van der Waals surface area (Å²) < 4.78 is 20.7. The smallest absolute Gasteiger partial charge is 0.160 e. The fraction of sp³-hybridized carbons (Fsp3) is 0.281. The molecule has 7 rings (SSSR count). The Kier molecular flexibility index (Phi) is 7.25. The summed E-state index contributed by atoms with van der Waals surface area (Å²) >= 11 is 0. The van der Waals surface area contributed by atoms with E-state index < -0.39 is 0 Å². The second kappa shape index (κ2) is 11.5. The Morgan fingerprint density at radius 2 is 1.88 bits per heavy atom. The number of benzene rings is 1. The van der Waals surface area contributed by atoms with Crippen LogP contribution in [0.2, 0.25) is 0 Å². The predicted molar refractivity (Wildman–Crippen MR) is 164 cm³/mol. The van der Waals surface area contributed by atoms with Gasteiger partial charge in [-0.15, -0.1) is 0 Å². The quantitative estimate of drug-likeness (QED) is 0.238. The van der Waals surface area contributed by atoms with Crippen molar-refractivity contribution in [1.29, 1.82) is 0 Å². The first-order valence-electron chi connectivity index (χ1n) is 14.4. The molecule has 1 fully saturated rings. The zero-order chi connectivity index (χ0) is 29.3. The highest BCUT2D eigenvalue weighted by atomic mass is 19.1. The molecule has 10 nitrogen and oxygen atoms in total. The number of likely N-dealkylation sites (tertiary alicyclic amines) is 1. The number of hydrogen-bond donors (Lipinski definition) is 2. The van der Waals surface area contributed by atoms with Crippen molar-refractivity contribution in [2.45, 2.75) is 19.4 Å². The summed E-state index contributed by atoms with van der Waals surface area (Å²) in [6, 6.07) is 10.7. The first kappa shape index (κ1) is 27.1. The number of hydrogen-bond acceptors (Lipinski definition) is 8. The number of aromatic amines is 2. The maximum Gasteiger partial charge on any atom is 0.160 e. The Morgan fingerprint density at radius 1 is 1.00 bits per heavy atom. The van der Waals surface area contributed by atoms with Crippen molar-refractivity contribution in [3.63, 3.8) is 0 Å². The molecule has 0 bridgehead atoms. The van der Waals surface area contributed by atoms with Gasteiger partial charge in [0, 0.05) is 54.3 Å². The maximum absolute atomic E-state index is 14.7. The molecule has 1 aromatic carbocycles. The van der Waals surface area contributed by atoms with Crippen LogP contribution in [0.15, 0.2) is 61.2 Å². The topological polar surface area (TPSA) is 112 Å². The fourth-order valence-electron chi connectivity index (χ4n) is 5.69. The SMILES string of the molecule is CN(C)Cc1cncc(-c2cc3c(-c4nc5c(-c6cc(F)cc(OCCN7CCCC7)c6)ccnc5[nH]4)n[nH]c3cn2)c1. The molecule has 6 aromatic rings. The largest absolute Gasteiger partial charge is 0.492 e. The summed E-state index contributed by atoms with van der Waals surface area (Å²) in [4.78, 5) is 26.2. The second-order valence-electron chi connectivity index (χ2n) is 11.2. The molecular weight excluding hydrogens is 545 g/mol. The van der Waals surface area contributed by atoms with Gasteiger partial charge in [-0.3, -0.25) is 20.0 Å². The molecule has 1 aliphatic heterocycles. The average molecular weight is 578 g/mol. The van der Waals surface area contributed by atoms with E-state index in [2.05, 4.69) is 46.0 Å². The first-order valence-corrected chi connectivity index (χ1v) is 14.4. The molecule has 0 spiro atoms. The van der Waals surface area contributed by atoms with Gasteiger partial charge in [0.25, 0.3) is 0 Å². The summed E-state index contributed by atoms with van der Waals surface area (Å²) in [6.45, 7) is 4.32. The van der Waals surface area contributed by atoms with E-state index in [1.807, 2.05) is 44.7 Å². The number of ether oxygens (including phenoxy) is 1. The van der Waals surface area contributed by atoms with Crippen LogP contribution in [0, 0.1) is 5.82 Å². The third kappa shape index (κ3) is 5.69. The molecule has 218 valence electrons. The lowest BCUT2D eigenvalue weighted by Gasteiger charge is -2.15. The summed E-state index contributed by atoms with van der Waals surface area (Å²) in [5.74, 6) is 0.686. The number of fused-ring (bicyclic) bond motifs is 2. The molecule has 0 atom stereocenters. The maximum atomic E-state index is 14.7. The van der Waals surface area contributed by atoms with Gasteiger partial charge in [0.1, 0.15) is 29.4 Å². The van der Waals surface area contributed by atoms with E-state index >= 15 is 0 Å². The lowest BCUT2D eigenvalue weighted by molar-refractivity contribution is 0.237. The minimum Gasteiger partial charge on any atom is -0.492 e. The van der Waals surface area contributed by atoms with Crippen molar-refractivity contribution in [2.75, 3.05) is 40.3 Å². The molecule has 1 aliphatic rings. The van der Waals surface area contributed by atoms with Gasteiger partial charge in [0.05, 0.1) is 17.4 Å². The van der Waals surface area contributed by atoms with Crippen LogP contribution in [-0.2, 0) is 6.54 Å². The molecule has 6 heterocycles. The van der Waals surface area contributed by atoms with Crippen molar-refractivity contribution in [2.24, 2.45) is 0 Å². The third-order valence-electron chi connectivity index (χ3n) is 7.70. The Bertz CT molecular complexity index is 1910. The summed E-state index contributed by atoms with van der Waals surface area (Å²) in [7, 11) is 4.06. The van der Waals surface area contributed by atoms with E-state index in [0.29, 0.717) is 40.6 Å². The first-order chi connectivity index (χ1) is 21.0. The number of H-pyrrole nitrogens is 2.